The quantitative estimate of drug-likeness (QED) is 0.370. The summed E-state index contributed by atoms with van der Waals surface area (Å²) in [6.45, 7) is 4.09. The molecule has 4 heteroatoms. The Morgan fingerprint density at radius 2 is 1.52 bits per heavy atom. The second kappa shape index (κ2) is 9.82. The first-order valence-corrected chi connectivity index (χ1v) is 10.4. The van der Waals surface area contributed by atoms with Gasteiger partial charge in [0.15, 0.2) is 5.83 Å². The third-order valence-corrected chi connectivity index (χ3v) is 5.66. The number of ether oxygens (including phenoxy) is 1. The standard InChI is InChI=1S/C25H28F2O2/c1-3-4-23(26)24(27)20-9-11-21(12-10-20)25(28)29-22-15-13-19(14-16-22)18-7-5-17(2)6-8-18/h9-18H,3-8H2,1-2H3/b24-23+. The number of hydrogen-bond donors (Lipinski definition) is 0. The second-order valence-electron chi connectivity index (χ2n) is 7.96. The molecule has 2 aromatic rings. The molecule has 0 N–H and O–H groups in total. The van der Waals surface area contributed by atoms with Gasteiger partial charge in [0.25, 0.3) is 0 Å². The third-order valence-electron chi connectivity index (χ3n) is 5.66. The molecule has 29 heavy (non-hydrogen) atoms. The van der Waals surface area contributed by atoms with Gasteiger partial charge in [0, 0.05) is 12.0 Å². The van der Waals surface area contributed by atoms with Gasteiger partial charge in [-0.15, -0.1) is 0 Å². The zero-order valence-corrected chi connectivity index (χ0v) is 17.1. The lowest BCUT2D eigenvalue weighted by Gasteiger charge is -2.26. The van der Waals surface area contributed by atoms with Gasteiger partial charge in [-0.1, -0.05) is 51.0 Å². The second-order valence-corrected chi connectivity index (χ2v) is 7.96. The van der Waals surface area contributed by atoms with E-state index in [2.05, 4.69) is 6.92 Å². The molecule has 1 fully saturated rings. The van der Waals surface area contributed by atoms with E-state index in [0.29, 0.717) is 23.7 Å². The van der Waals surface area contributed by atoms with Gasteiger partial charge in [-0.3, -0.25) is 0 Å². The molecule has 0 aromatic heterocycles. The summed E-state index contributed by atoms with van der Waals surface area (Å²) >= 11 is 0. The Balaban J connectivity index is 1.62. The number of carbonyl (C=O) groups excluding carboxylic acids is 1. The van der Waals surface area contributed by atoms with Crippen LogP contribution >= 0.6 is 0 Å². The molecule has 154 valence electrons. The first-order valence-electron chi connectivity index (χ1n) is 10.4. The van der Waals surface area contributed by atoms with Crippen LogP contribution in [-0.2, 0) is 0 Å². The van der Waals surface area contributed by atoms with Gasteiger partial charge in [-0.25, -0.2) is 13.6 Å². The number of esters is 1. The Bertz CT molecular complexity index is 845. The highest BCUT2D eigenvalue weighted by molar-refractivity contribution is 5.91. The molecule has 0 heterocycles. The van der Waals surface area contributed by atoms with Gasteiger partial charge in [0.2, 0.25) is 0 Å². The minimum Gasteiger partial charge on any atom is -0.423 e. The zero-order valence-electron chi connectivity index (χ0n) is 17.1. The predicted octanol–water partition coefficient (Wildman–Crippen LogP) is 7.61. The SMILES string of the molecule is CCC/C(F)=C(\F)c1ccc(C(=O)Oc2ccc(C3CCC(C)CC3)cc2)cc1. The number of rotatable bonds is 6. The van der Waals surface area contributed by atoms with Crippen LogP contribution in [-0.4, -0.2) is 5.97 Å². The highest BCUT2D eigenvalue weighted by atomic mass is 19.2. The van der Waals surface area contributed by atoms with Crippen molar-refractivity contribution in [2.75, 3.05) is 0 Å². The lowest BCUT2D eigenvalue weighted by atomic mass is 9.79. The van der Waals surface area contributed by atoms with E-state index in [-0.39, 0.29) is 12.0 Å². The largest absolute Gasteiger partial charge is 0.423 e. The summed E-state index contributed by atoms with van der Waals surface area (Å²) in [6.07, 6.45) is 5.52. The molecule has 0 atom stereocenters. The van der Waals surface area contributed by atoms with E-state index in [9.17, 15) is 13.6 Å². The number of allylic oxidation sites excluding steroid dienone is 1. The fourth-order valence-corrected chi connectivity index (χ4v) is 3.81. The van der Waals surface area contributed by atoms with Crippen LogP contribution in [0.1, 0.15) is 79.8 Å². The van der Waals surface area contributed by atoms with E-state index in [1.807, 2.05) is 24.3 Å². The first-order chi connectivity index (χ1) is 14.0. The lowest BCUT2D eigenvalue weighted by Crippen LogP contribution is -2.11. The van der Waals surface area contributed by atoms with Crippen LogP contribution in [0.4, 0.5) is 8.78 Å². The maximum Gasteiger partial charge on any atom is 0.343 e. The minimum absolute atomic E-state index is 0.0610. The van der Waals surface area contributed by atoms with Gasteiger partial charge >= 0.3 is 5.97 Å². The van der Waals surface area contributed by atoms with E-state index in [4.69, 9.17) is 4.74 Å². The van der Waals surface area contributed by atoms with E-state index in [0.717, 1.165) is 5.92 Å². The molecule has 1 aliphatic rings. The molecule has 1 aliphatic carbocycles. The van der Waals surface area contributed by atoms with E-state index < -0.39 is 17.6 Å². The Morgan fingerprint density at radius 1 is 0.931 bits per heavy atom. The zero-order chi connectivity index (χ0) is 20.8. The highest BCUT2D eigenvalue weighted by Gasteiger charge is 2.20. The molecular weight excluding hydrogens is 370 g/mol. The maximum absolute atomic E-state index is 14.0. The number of hydrogen-bond acceptors (Lipinski definition) is 2. The summed E-state index contributed by atoms with van der Waals surface area (Å²) in [7, 11) is 0. The van der Waals surface area contributed by atoms with Crippen LogP contribution in [0.25, 0.3) is 5.83 Å². The molecule has 0 spiro atoms. The molecule has 2 nitrogen and oxygen atoms in total. The van der Waals surface area contributed by atoms with Crippen LogP contribution in [0.5, 0.6) is 5.75 Å². The van der Waals surface area contributed by atoms with Crippen LogP contribution in [0.2, 0.25) is 0 Å². The maximum atomic E-state index is 14.0. The van der Waals surface area contributed by atoms with Gasteiger partial charge in [-0.05, 0) is 60.9 Å². The summed E-state index contributed by atoms with van der Waals surface area (Å²) in [5.41, 5.74) is 1.71. The van der Waals surface area contributed by atoms with Crippen molar-refractivity contribution in [3.05, 3.63) is 71.0 Å². The lowest BCUT2D eigenvalue weighted by molar-refractivity contribution is 0.0734. The Kier molecular flexibility index (Phi) is 7.18. The summed E-state index contributed by atoms with van der Waals surface area (Å²) in [5, 5.41) is 0. The molecule has 0 aliphatic heterocycles. The van der Waals surface area contributed by atoms with Crippen molar-refractivity contribution in [3.63, 3.8) is 0 Å². The molecule has 0 unspecified atom stereocenters. The van der Waals surface area contributed by atoms with Crippen molar-refractivity contribution in [1.82, 2.24) is 0 Å². The van der Waals surface area contributed by atoms with Gasteiger partial charge in [-0.2, -0.15) is 0 Å². The fourth-order valence-electron chi connectivity index (χ4n) is 3.81. The van der Waals surface area contributed by atoms with E-state index in [1.165, 1.54) is 55.5 Å². The van der Waals surface area contributed by atoms with Crippen molar-refractivity contribution in [1.29, 1.82) is 0 Å². The molecule has 0 saturated heterocycles. The molecule has 0 amide bonds. The van der Waals surface area contributed by atoms with Crippen LogP contribution < -0.4 is 4.74 Å². The van der Waals surface area contributed by atoms with E-state index in [1.54, 1.807) is 6.92 Å². The minimum atomic E-state index is -0.875. The van der Waals surface area contributed by atoms with Crippen molar-refractivity contribution in [2.45, 2.75) is 58.3 Å². The Morgan fingerprint density at radius 3 is 2.10 bits per heavy atom. The number of halogens is 2. The van der Waals surface area contributed by atoms with Crippen molar-refractivity contribution in [2.24, 2.45) is 5.92 Å². The van der Waals surface area contributed by atoms with Gasteiger partial charge < -0.3 is 4.74 Å². The normalized spacial score (nSPS) is 20.1. The Hall–Kier alpha value is -2.49. The fraction of sp³-hybridized carbons (Fsp3) is 0.400. The molecular formula is C25H28F2O2. The van der Waals surface area contributed by atoms with Crippen LogP contribution in [0, 0.1) is 5.92 Å². The predicted molar refractivity (Wildman–Crippen MR) is 112 cm³/mol. The molecule has 1 saturated carbocycles. The summed E-state index contributed by atoms with van der Waals surface area (Å²) < 4.78 is 33.1. The van der Waals surface area contributed by atoms with Crippen molar-refractivity contribution < 1.29 is 18.3 Å². The van der Waals surface area contributed by atoms with Gasteiger partial charge in [0.1, 0.15) is 11.6 Å². The van der Waals surface area contributed by atoms with Crippen LogP contribution in [0.15, 0.2) is 54.4 Å². The summed E-state index contributed by atoms with van der Waals surface area (Å²) in [5.74, 6) is -0.291. The topological polar surface area (TPSA) is 26.3 Å². The average molecular weight is 398 g/mol. The van der Waals surface area contributed by atoms with Crippen LogP contribution in [0.3, 0.4) is 0 Å². The Labute approximate surface area is 171 Å². The van der Waals surface area contributed by atoms with Crippen molar-refractivity contribution in [3.8, 4) is 5.75 Å². The molecule has 0 bridgehead atoms. The molecule has 2 aromatic carbocycles. The third kappa shape index (κ3) is 5.53. The average Bonchev–Trinajstić information content (AvgIpc) is 2.74. The van der Waals surface area contributed by atoms with E-state index >= 15 is 0 Å². The summed E-state index contributed by atoms with van der Waals surface area (Å²) in [6, 6.07) is 13.4. The molecule has 0 radical (unpaired) electrons. The number of benzene rings is 2. The van der Waals surface area contributed by atoms with Gasteiger partial charge in [0.05, 0.1) is 5.56 Å². The first kappa shape index (κ1) is 21.2. The number of carbonyl (C=O) groups is 1. The summed E-state index contributed by atoms with van der Waals surface area (Å²) in [4.78, 5) is 12.4. The van der Waals surface area contributed by atoms with Crippen molar-refractivity contribution >= 4 is 11.8 Å². The monoisotopic (exact) mass is 398 g/mol. The smallest absolute Gasteiger partial charge is 0.343 e. The molecule has 3 rings (SSSR count). The highest BCUT2D eigenvalue weighted by Crippen LogP contribution is 2.36.